The molecular formula is C17H32N2S. The van der Waals surface area contributed by atoms with E-state index < -0.39 is 0 Å². The Morgan fingerprint density at radius 2 is 1.70 bits per heavy atom. The molecule has 4 saturated carbocycles. The molecule has 3 heteroatoms. The fraction of sp³-hybridized carbons (Fsp3) is 1.00. The van der Waals surface area contributed by atoms with Crippen LogP contribution in [-0.4, -0.2) is 42.1 Å². The van der Waals surface area contributed by atoms with Gasteiger partial charge >= 0.3 is 0 Å². The quantitative estimate of drug-likeness (QED) is 0.816. The maximum Gasteiger partial charge on any atom is 0.0388 e. The predicted molar refractivity (Wildman–Crippen MR) is 89.1 cm³/mol. The minimum atomic E-state index is 0.323. The number of rotatable bonds is 6. The standard InChI is InChI=1S/C17H32N2S/c1-4-16(10-20-3)19(2)17(11-18)14-6-12-5-13(8-14)9-15(17)7-12/h12-16H,4-11,18H2,1-3H3. The molecular weight excluding hydrogens is 264 g/mol. The Morgan fingerprint density at radius 3 is 2.10 bits per heavy atom. The lowest BCUT2D eigenvalue weighted by Gasteiger charge is -2.65. The second-order valence-electron chi connectivity index (χ2n) is 7.63. The monoisotopic (exact) mass is 296 g/mol. The van der Waals surface area contributed by atoms with Gasteiger partial charge < -0.3 is 5.73 Å². The first-order valence-electron chi connectivity index (χ1n) is 8.57. The molecule has 0 heterocycles. The van der Waals surface area contributed by atoms with Crippen LogP contribution in [0.25, 0.3) is 0 Å². The Morgan fingerprint density at radius 1 is 1.15 bits per heavy atom. The molecule has 2 nitrogen and oxygen atoms in total. The summed E-state index contributed by atoms with van der Waals surface area (Å²) in [5.41, 5.74) is 6.75. The second-order valence-corrected chi connectivity index (χ2v) is 8.54. The van der Waals surface area contributed by atoms with Crippen LogP contribution in [0.5, 0.6) is 0 Å². The van der Waals surface area contributed by atoms with Crippen LogP contribution >= 0.6 is 11.8 Å². The number of thioether (sulfide) groups is 1. The predicted octanol–water partition coefficient (Wildman–Crippen LogP) is 3.21. The first kappa shape index (κ1) is 15.2. The van der Waals surface area contributed by atoms with Crippen LogP contribution in [0.2, 0.25) is 0 Å². The van der Waals surface area contributed by atoms with E-state index in [4.69, 9.17) is 5.73 Å². The second kappa shape index (κ2) is 5.81. The zero-order valence-corrected chi connectivity index (χ0v) is 14.3. The zero-order valence-electron chi connectivity index (χ0n) is 13.5. The third-order valence-electron chi connectivity index (χ3n) is 6.91. The molecule has 4 aliphatic carbocycles. The molecule has 1 atom stereocenters. The highest BCUT2D eigenvalue weighted by atomic mass is 32.2. The molecule has 4 aliphatic rings. The van der Waals surface area contributed by atoms with Crippen LogP contribution in [0, 0.1) is 23.7 Å². The Bertz CT molecular complexity index is 316. The van der Waals surface area contributed by atoms with Crippen molar-refractivity contribution in [3.8, 4) is 0 Å². The summed E-state index contributed by atoms with van der Waals surface area (Å²) in [5.74, 6) is 5.08. The van der Waals surface area contributed by atoms with Crippen molar-refractivity contribution in [2.45, 2.75) is 57.0 Å². The van der Waals surface area contributed by atoms with Gasteiger partial charge in [-0.05, 0) is 75.5 Å². The maximum absolute atomic E-state index is 6.43. The minimum absolute atomic E-state index is 0.323. The van der Waals surface area contributed by atoms with E-state index in [2.05, 4.69) is 25.1 Å². The maximum atomic E-state index is 6.43. The van der Waals surface area contributed by atoms with Crippen molar-refractivity contribution in [2.75, 3.05) is 25.6 Å². The van der Waals surface area contributed by atoms with Crippen LogP contribution in [0.3, 0.4) is 0 Å². The number of nitrogens with zero attached hydrogens (tertiary/aromatic N) is 1. The van der Waals surface area contributed by atoms with Crippen molar-refractivity contribution in [3.63, 3.8) is 0 Å². The van der Waals surface area contributed by atoms with Gasteiger partial charge in [0.15, 0.2) is 0 Å². The van der Waals surface area contributed by atoms with Gasteiger partial charge in [0, 0.05) is 23.9 Å². The van der Waals surface area contributed by atoms with Gasteiger partial charge in [0.25, 0.3) is 0 Å². The van der Waals surface area contributed by atoms with Crippen LogP contribution in [-0.2, 0) is 0 Å². The molecule has 116 valence electrons. The molecule has 0 aromatic carbocycles. The van der Waals surface area contributed by atoms with Gasteiger partial charge in [-0.2, -0.15) is 11.8 Å². The highest BCUT2D eigenvalue weighted by Crippen LogP contribution is 2.60. The molecule has 0 spiro atoms. The Balaban J connectivity index is 1.87. The van der Waals surface area contributed by atoms with Gasteiger partial charge in [-0.25, -0.2) is 0 Å². The highest BCUT2D eigenvalue weighted by molar-refractivity contribution is 7.98. The molecule has 0 amide bonds. The van der Waals surface area contributed by atoms with Crippen LogP contribution < -0.4 is 5.73 Å². The van der Waals surface area contributed by atoms with Crippen LogP contribution in [0.15, 0.2) is 0 Å². The normalized spacial score (nSPS) is 44.2. The van der Waals surface area contributed by atoms with Gasteiger partial charge in [0.05, 0.1) is 0 Å². The van der Waals surface area contributed by atoms with Gasteiger partial charge in [0.1, 0.15) is 0 Å². The summed E-state index contributed by atoms with van der Waals surface area (Å²) in [5, 5.41) is 0. The third-order valence-corrected chi connectivity index (χ3v) is 7.63. The van der Waals surface area contributed by atoms with Crippen molar-refractivity contribution in [2.24, 2.45) is 29.4 Å². The van der Waals surface area contributed by atoms with Gasteiger partial charge in [-0.1, -0.05) is 6.92 Å². The lowest BCUT2D eigenvalue weighted by Crippen LogP contribution is -2.70. The molecule has 0 aromatic heterocycles. The van der Waals surface area contributed by atoms with Crippen molar-refractivity contribution in [1.82, 2.24) is 4.90 Å². The van der Waals surface area contributed by atoms with Gasteiger partial charge in [-0.15, -0.1) is 0 Å². The van der Waals surface area contributed by atoms with Crippen molar-refractivity contribution >= 4 is 11.8 Å². The third kappa shape index (κ3) is 2.16. The molecule has 4 rings (SSSR count). The van der Waals surface area contributed by atoms with E-state index in [9.17, 15) is 0 Å². The minimum Gasteiger partial charge on any atom is -0.329 e. The number of likely N-dealkylation sites (N-methyl/N-ethyl adjacent to an activating group) is 1. The molecule has 0 saturated heterocycles. The molecule has 0 aromatic rings. The van der Waals surface area contributed by atoms with E-state index in [1.54, 1.807) is 0 Å². The zero-order chi connectivity index (χ0) is 14.3. The number of nitrogens with two attached hydrogens (primary N) is 1. The molecule has 0 radical (unpaired) electrons. The first-order valence-corrected chi connectivity index (χ1v) is 9.97. The molecule has 2 N–H and O–H groups in total. The lowest BCUT2D eigenvalue weighted by atomic mass is 9.48. The summed E-state index contributed by atoms with van der Waals surface area (Å²) in [4.78, 5) is 2.75. The van der Waals surface area contributed by atoms with Crippen molar-refractivity contribution in [1.29, 1.82) is 0 Å². The summed E-state index contributed by atoms with van der Waals surface area (Å²) in [6.45, 7) is 3.22. The topological polar surface area (TPSA) is 29.3 Å². The van der Waals surface area contributed by atoms with E-state index in [1.807, 2.05) is 11.8 Å². The molecule has 4 bridgehead atoms. The molecule has 1 unspecified atom stereocenters. The Kier molecular flexibility index (Phi) is 4.41. The summed E-state index contributed by atoms with van der Waals surface area (Å²) >= 11 is 1.99. The molecule has 0 aliphatic heterocycles. The smallest absolute Gasteiger partial charge is 0.0388 e. The summed E-state index contributed by atoms with van der Waals surface area (Å²) in [7, 11) is 2.39. The fourth-order valence-electron chi connectivity index (χ4n) is 6.09. The fourth-order valence-corrected chi connectivity index (χ4v) is 6.93. The Labute approximate surface area is 129 Å². The van der Waals surface area contributed by atoms with Crippen LogP contribution in [0.1, 0.15) is 45.4 Å². The van der Waals surface area contributed by atoms with Crippen molar-refractivity contribution in [3.05, 3.63) is 0 Å². The Hall–Kier alpha value is 0.270. The average molecular weight is 297 g/mol. The van der Waals surface area contributed by atoms with E-state index in [1.165, 1.54) is 44.3 Å². The highest BCUT2D eigenvalue weighted by Gasteiger charge is 2.58. The van der Waals surface area contributed by atoms with Gasteiger partial charge in [0.2, 0.25) is 0 Å². The summed E-state index contributed by atoms with van der Waals surface area (Å²) in [6.07, 6.45) is 10.9. The largest absolute Gasteiger partial charge is 0.329 e. The first-order chi connectivity index (χ1) is 9.65. The molecule has 4 fully saturated rings. The number of hydrogen-bond donors (Lipinski definition) is 1. The average Bonchev–Trinajstić information content (AvgIpc) is 2.44. The van der Waals surface area contributed by atoms with E-state index in [0.29, 0.717) is 11.6 Å². The SMILES string of the molecule is CCC(CSC)N(C)C1(CN)C2CC3CC(C2)CC1C3. The van der Waals surface area contributed by atoms with E-state index in [-0.39, 0.29) is 0 Å². The van der Waals surface area contributed by atoms with E-state index in [0.717, 1.165) is 30.2 Å². The molecule has 20 heavy (non-hydrogen) atoms. The lowest BCUT2D eigenvalue weighted by molar-refractivity contribution is -0.133. The summed E-state index contributed by atoms with van der Waals surface area (Å²) in [6, 6.07) is 0.700. The summed E-state index contributed by atoms with van der Waals surface area (Å²) < 4.78 is 0. The van der Waals surface area contributed by atoms with E-state index >= 15 is 0 Å². The van der Waals surface area contributed by atoms with Crippen molar-refractivity contribution < 1.29 is 0 Å². The number of hydrogen-bond acceptors (Lipinski definition) is 3. The van der Waals surface area contributed by atoms with Crippen LogP contribution in [0.4, 0.5) is 0 Å². The van der Waals surface area contributed by atoms with Gasteiger partial charge in [-0.3, -0.25) is 4.90 Å².